The van der Waals surface area contributed by atoms with Crippen LogP contribution in [0, 0.1) is 11.6 Å². The van der Waals surface area contributed by atoms with E-state index in [4.69, 9.17) is 0 Å². The molecule has 1 atom stereocenters. The molecule has 1 spiro atoms. The van der Waals surface area contributed by atoms with Crippen LogP contribution in [0.15, 0.2) is 48.5 Å². The smallest absolute Gasteiger partial charge is 0.256 e. The standard InChI is InChI=1S/C22H22F2N2O2/c1-25-20(27)18(15-5-3-2-4-6-15)14-22(25)9-11-26(12-10-22)21(28)17-8-7-16(23)13-19(17)24/h2-8,13,18H,9-12,14H2,1H3/t18-/m0/s1. The topological polar surface area (TPSA) is 40.6 Å². The van der Waals surface area contributed by atoms with Crippen LogP contribution in [-0.4, -0.2) is 47.3 Å². The number of benzene rings is 2. The molecule has 4 rings (SSSR count). The van der Waals surface area contributed by atoms with Gasteiger partial charge in [0.1, 0.15) is 11.6 Å². The first-order chi connectivity index (χ1) is 13.4. The van der Waals surface area contributed by atoms with E-state index in [-0.39, 0.29) is 22.9 Å². The summed E-state index contributed by atoms with van der Waals surface area (Å²) in [4.78, 5) is 28.9. The fourth-order valence-electron chi connectivity index (χ4n) is 4.52. The maximum Gasteiger partial charge on any atom is 0.256 e. The van der Waals surface area contributed by atoms with E-state index in [0.717, 1.165) is 24.1 Å². The minimum atomic E-state index is -0.845. The molecular formula is C22H22F2N2O2. The first kappa shape index (κ1) is 18.6. The molecule has 0 saturated carbocycles. The third kappa shape index (κ3) is 3.07. The van der Waals surface area contributed by atoms with Crippen LogP contribution in [0.4, 0.5) is 8.78 Å². The lowest BCUT2D eigenvalue weighted by Crippen LogP contribution is -2.52. The molecule has 2 fully saturated rings. The van der Waals surface area contributed by atoms with Gasteiger partial charge in [0.2, 0.25) is 5.91 Å². The highest BCUT2D eigenvalue weighted by atomic mass is 19.1. The molecule has 2 amide bonds. The maximum absolute atomic E-state index is 14.0. The molecule has 2 saturated heterocycles. The number of carbonyl (C=O) groups excluding carboxylic acids is 2. The summed E-state index contributed by atoms with van der Waals surface area (Å²) >= 11 is 0. The first-order valence-corrected chi connectivity index (χ1v) is 9.48. The van der Waals surface area contributed by atoms with Gasteiger partial charge >= 0.3 is 0 Å². The summed E-state index contributed by atoms with van der Waals surface area (Å²) in [5.74, 6) is -2.04. The minimum absolute atomic E-state index is 0.107. The van der Waals surface area contributed by atoms with Crippen LogP contribution in [0.1, 0.15) is 41.1 Å². The van der Waals surface area contributed by atoms with E-state index < -0.39 is 17.5 Å². The number of carbonyl (C=O) groups is 2. The van der Waals surface area contributed by atoms with E-state index in [2.05, 4.69) is 0 Å². The largest absolute Gasteiger partial charge is 0.339 e. The molecule has 2 aliphatic rings. The lowest BCUT2D eigenvalue weighted by molar-refractivity contribution is -0.131. The van der Waals surface area contributed by atoms with Crippen molar-refractivity contribution in [2.75, 3.05) is 20.1 Å². The number of likely N-dealkylation sites (N-methyl/N-ethyl adjacent to an activating group) is 1. The van der Waals surface area contributed by atoms with Crippen LogP contribution >= 0.6 is 0 Å². The molecule has 0 N–H and O–H groups in total. The normalized spacial score (nSPS) is 21.4. The number of nitrogens with zero attached hydrogens (tertiary/aromatic N) is 2. The number of amides is 2. The van der Waals surface area contributed by atoms with Gasteiger partial charge in [-0.3, -0.25) is 9.59 Å². The Balaban J connectivity index is 1.49. The molecule has 6 heteroatoms. The number of hydrogen-bond donors (Lipinski definition) is 0. The zero-order chi connectivity index (χ0) is 19.9. The highest BCUT2D eigenvalue weighted by Gasteiger charge is 2.50. The Morgan fingerprint density at radius 2 is 1.75 bits per heavy atom. The summed E-state index contributed by atoms with van der Waals surface area (Å²) in [6.07, 6.45) is 2.01. The summed E-state index contributed by atoms with van der Waals surface area (Å²) in [5, 5.41) is 0. The Hall–Kier alpha value is -2.76. The van der Waals surface area contributed by atoms with Crippen molar-refractivity contribution in [2.24, 2.45) is 0 Å². The molecule has 2 aromatic carbocycles. The van der Waals surface area contributed by atoms with Crippen molar-refractivity contribution in [1.82, 2.24) is 9.80 Å². The van der Waals surface area contributed by atoms with Gasteiger partial charge in [0.15, 0.2) is 0 Å². The Labute approximate surface area is 162 Å². The van der Waals surface area contributed by atoms with Crippen molar-refractivity contribution < 1.29 is 18.4 Å². The third-order valence-corrected chi connectivity index (χ3v) is 6.27. The zero-order valence-corrected chi connectivity index (χ0v) is 15.7. The van der Waals surface area contributed by atoms with Gasteiger partial charge in [0.25, 0.3) is 5.91 Å². The fraction of sp³-hybridized carbons (Fsp3) is 0.364. The van der Waals surface area contributed by atoms with Crippen LogP contribution in [0.5, 0.6) is 0 Å². The van der Waals surface area contributed by atoms with Crippen molar-refractivity contribution in [2.45, 2.75) is 30.7 Å². The first-order valence-electron chi connectivity index (χ1n) is 9.48. The number of rotatable bonds is 2. The molecule has 0 radical (unpaired) electrons. The lowest BCUT2D eigenvalue weighted by Gasteiger charge is -2.43. The Morgan fingerprint density at radius 1 is 1.07 bits per heavy atom. The van der Waals surface area contributed by atoms with E-state index in [1.807, 2.05) is 42.3 Å². The summed E-state index contributed by atoms with van der Waals surface area (Å²) in [6.45, 7) is 0.879. The fourth-order valence-corrected chi connectivity index (χ4v) is 4.52. The van der Waals surface area contributed by atoms with Gasteiger partial charge in [-0.05, 0) is 37.0 Å². The Bertz CT molecular complexity index is 908. The van der Waals surface area contributed by atoms with E-state index in [1.165, 1.54) is 6.07 Å². The average molecular weight is 384 g/mol. The van der Waals surface area contributed by atoms with Gasteiger partial charge in [0.05, 0.1) is 11.5 Å². The zero-order valence-electron chi connectivity index (χ0n) is 15.7. The number of hydrogen-bond acceptors (Lipinski definition) is 2. The van der Waals surface area contributed by atoms with Crippen LogP contribution in [-0.2, 0) is 4.79 Å². The van der Waals surface area contributed by atoms with Gasteiger partial charge in [-0.15, -0.1) is 0 Å². The summed E-state index contributed by atoms with van der Waals surface area (Å²) in [5.41, 5.74) is 0.619. The Kier molecular flexibility index (Phi) is 4.65. The molecule has 4 nitrogen and oxygen atoms in total. The minimum Gasteiger partial charge on any atom is -0.339 e. The Morgan fingerprint density at radius 3 is 2.39 bits per heavy atom. The quantitative estimate of drug-likeness (QED) is 0.794. The van der Waals surface area contributed by atoms with Crippen LogP contribution < -0.4 is 0 Å². The summed E-state index contributed by atoms with van der Waals surface area (Å²) in [6, 6.07) is 12.8. The SMILES string of the molecule is CN1C(=O)[C@H](c2ccccc2)CC12CCN(C(=O)c1ccc(F)cc1F)CC2. The highest BCUT2D eigenvalue weighted by Crippen LogP contribution is 2.45. The molecule has 2 aliphatic heterocycles. The second-order valence-corrected chi connectivity index (χ2v) is 7.71. The summed E-state index contributed by atoms with van der Waals surface area (Å²) in [7, 11) is 1.84. The molecule has 28 heavy (non-hydrogen) atoms. The van der Waals surface area contributed by atoms with E-state index in [9.17, 15) is 18.4 Å². The second kappa shape index (κ2) is 7.00. The van der Waals surface area contributed by atoms with Gasteiger partial charge in [-0.2, -0.15) is 0 Å². The number of likely N-dealkylation sites (tertiary alicyclic amines) is 2. The van der Waals surface area contributed by atoms with Crippen molar-refractivity contribution in [3.05, 3.63) is 71.3 Å². The molecule has 0 aromatic heterocycles. The van der Waals surface area contributed by atoms with Gasteiger partial charge in [-0.1, -0.05) is 30.3 Å². The van der Waals surface area contributed by atoms with Gasteiger partial charge in [0, 0.05) is 31.7 Å². The molecule has 0 unspecified atom stereocenters. The van der Waals surface area contributed by atoms with E-state index >= 15 is 0 Å². The number of piperidine rings is 1. The molecule has 0 bridgehead atoms. The van der Waals surface area contributed by atoms with Crippen molar-refractivity contribution in [1.29, 1.82) is 0 Å². The van der Waals surface area contributed by atoms with Crippen molar-refractivity contribution in [3.8, 4) is 0 Å². The molecule has 2 heterocycles. The predicted octanol–water partition coefficient (Wildman–Crippen LogP) is 3.59. The molecule has 146 valence electrons. The number of halogens is 2. The molecule has 2 aromatic rings. The monoisotopic (exact) mass is 384 g/mol. The lowest BCUT2D eigenvalue weighted by atomic mass is 9.81. The van der Waals surface area contributed by atoms with Crippen molar-refractivity contribution >= 4 is 11.8 Å². The second-order valence-electron chi connectivity index (χ2n) is 7.71. The van der Waals surface area contributed by atoms with Gasteiger partial charge in [-0.25, -0.2) is 8.78 Å². The average Bonchev–Trinajstić information content (AvgIpc) is 2.94. The predicted molar refractivity (Wildman–Crippen MR) is 101 cm³/mol. The van der Waals surface area contributed by atoms with Crippen LogP contribution in [0.3, 0.4) is 0 Å². The molecule has 0 aliphatic carbocycles. The molecular weight excluding hydrogens is 362 g/mol. The van der Waals surface area contributed by atoms with Crippen molar-refractivity contribution in [3.63, 3.8) is 0 Å². The van der Waals surface area contributed by atoms with Crippen LogP contribution in [0.25, 0.3) is 0 Å². The highest BCUT2D eigenvalue weighted by molar-refractivity contribution is 5.94. The third-order valence-electron chi connectivity index (χ3n) is 6.27. The van der Waals surface area contributed by atoms with E-state index in [0.29, 0.717) is 25.9 Å². The summed E-state index contributed by atoms with van der Waals surface area (Å²) < 4.78 is 27.1. The van der Waals surface area contributed by atoms with Gasteiger partial charge < -0.3 is 9.80 Å². The maximum atomic E-state index is 14.0. The van der Waals surface area contributed by atoms with E-state index in [1.54, 1.807) is 4.90 Å². The van der Waals surface area contributed by atoms with Crippen LogP contribution in [0.2, 0.25) is 0 Å².